The number of hydrogen-bond acceptors (Lipinski definition) is 3. The molecule has 2 aromatic heterocycles. The third-order valence-electron chi connectivity index (χ3n) is 4.69. The molecule has 2 heterocycles. The molecule has 1 aliphatic rings. The van der Waals surface area contributed by atoms with Crippen molar-refractivity contribution in [3.8, 4) is 0 Å². The van der Waals surface area contributed by atoms with Crippen molar-refractivity contribution >= 4 is 38.6 Å². The summed E-state index contributed by atoms with van der Waals surface area (Å²) >= 11 is 5.99. The molecule has 0 radical (unpaired) electrons. The lowest BCUT2D eigenvalue weighted by Crippen LogP contribution is -2.30. The maximum absolute atomic E-state index is 14.8. The van der Waals surface area contributed by atoms with E-state index in [0.29, 0.717) is 21.6 Å². The molecule has 0 aromatic carbocycles. The van der Waals surface area contributed by atoms with Gasteiger partial charge in [0.1, 0.15) is 11.5 Å². The zero-order valence-electron chi connectivity index (χ0n) is 16.0. The standard InChI is InChI=1S/C19H21ClF2N4O2S/c1-3-26(4-2)29(27,28)25-18-6-5-16(21)12(8-17(18)22)7-13-10-23-19-15(13)9-14(20)11-24-19/h5,8-11,17H,3-4,6-7H2,1-2H3,(H,23,24). The van der Waals surface area contributed by atoms with Crippen LogP contribution in [0, 0.1) is 0 Å². The lowest BCUT2D eigenvalue weighted by Gasteiger charge is -2.16. The zero-order valence-corrected chi connectivity index (χ0v) is 17.6. The first-order valence-electron chi connectivity index (χ1n) is 9.16. The first-order valence-corrected chi connectivity index (χ1v) is 10.9. The summed E-state index contributed by atoms with van der Waals surface area (Å²) < 4.78 is 58.8. The van der Waals surface area contributed by atoms with Crippen LogP contribution in [0.3, 0.4) is 0 Å². The van der Waals surface area contributed by atoms with Crippen LogP contribution in [0.25, 0.3) is 11.0 Å². The van der Waals surface area contributed by atoms with E-state index in [1.165, 1.54) is 6.20 Å². The Kier molecular flexibility index (Phi) is 6.50. The summed E-state index contributed by atoms with van der Waals surface area (Å²) in [6, 6.07) is 1.70. The fraction of sp³-hybridized carbons (Fsp3) is 0.368. The first kappa shape index (κ1) is 21.6. The van der Waals surface area contributed by atoms with Gasteiger partial charge in [0.15, 0.2) is 6.17 Å². The molecule has 2 aromatic rings. The highest BCUT2D eigenvalue weighted by atomic mass is 35.5. The molecule has 1 unspecified atom stereocenters. The second-order valence-corrected chi connectivity index (χ2v) is 8.57. The fourth-order valence-electron chi connectivity index (χ4n) is 3.16. The summed E-state index contributed by atoms with van der Waals surface area (Å²) in [5, 5.41) is 1.15. The molecule has 0 amide bonds. The number of alkyl halides is 1. The van der Waals surface area contributed by atoms with Crippen LogP contribution < -0.4 is 0 Å². The SMILES string of the molecule is CCN(CC)S(=O)(=O)N=C1CC=C(F)C(Cc2c[nH]c3ncc(Cl)cc23)=CC1F. The van der Waals surface area contributed by atoms with Crippen molar-refractivity contribution in [2.24, 2.45) is 4.40 Å². The van der Waals surface area contributed by atoms with Crippen LogP contribution in [0.4, 0.5) is 8.78 Å². The Labute approximate surface area is 173 Å². The van der Waals surface area contributed by atoms with Crippen LogP contribution in [-0.2, 0) is 16.6 Å². The Balaban J connectivity index is 1.92. The van der Waals surface area contributed by atoms with Crippen molar-refractivity contribution < 1.29 is 17.2 Å². The molecule has 1 aliphatic carbocycles. The van der Waals surface area contributed by atoms with Crippen LogP contribution >= 0.6 is 11.6 Å². The first-order chi connectivity index (χ1) is 13.7. The van der Waals surface area contributed by atoms with Crippen LogP contribution in [0.2, 0.25) is 5.02 Å². The van der Waals surface area contributed by atoms with Gasteiger partial charge in [0.25, 0.3) is 0 Å². The number of pyridine rings is 1. The van der Waals surface area contributed by atoms with Gasteiger partial charge >= 0.3 is 10.2 Å². The van der Waals surface area contributed by atoms with Crippen LogP contribution in [0.15, 0.2) is 46.4 Å². The summed E-state index contributed by atoms with van der Waals surface area (Å²) in [6.45, 7) is 3.77. The van der Waals surface area contributed by atoms with Gasteiger partial charge in [-0.05, 0) is 29.4 Å². The molecule has 10 heteroatoms. The molecule has 0 saturated heterocycles. The van der Waals surface area contributed by atoms with Crippen molar-refractivity contribution in [3.05, 3.63) is 52.6 Å². The van der Waals surface area contributed by atoms with Gasteiger partial charge in [0.2, 0.25) is 0 Å². The number of nitrogens with one attached hydrogen (secondary N) is 1. The molecule has 0 fully saturated rings. The average Bonchev–Trinajstić information content (AvgIpc) is 3.01. The van der Waals surface area contributed by atoms with Crippen molar-refractivity contribution in [1.29, 1.82) is 0 Å². The largest absolute Gasteiger partial charge is 0.346 e. The van der Waals surface area contributed by atoms with E-state index >= 15 is 0 Å². The van der Waals surface area contributed by atoms with E-state index in [4.69, 9.17) is 11.6 Å². The van der Waals surface area contributed by atoms with Gasteiger partial charge in [0, 0.05) is 43.7 Å². The Morgan fingerprint density at radius 3 is 2.79 bits per heavy atom. The van der Waals surface area contributed by atoms with Gasteiger partial charge in [0.05, 0.1) is 10.7 Å². The van der Waals surface area contributed by atoms with Gasteiger partial charge in [-0.25, -0.2) is 13.8 Å². The predicted octanol–water partition coefficient (Wildman–Crippen LogP) is 4.31. The molecule has 156 valence electrons. The molecule has 6 nitrogen and oxygen atoms in total. The molecule has 0 aliphatic heterocycles. The Bertz CT molecular complexity index is 1100. The quantitative estimate of drug-likeness (QED) is 0.724. The molecule has 0 bridgehead atoms. The third kappa shape index (κ3) is 4.73. The van der Waals surface area contributed by atoms with E-state index in [9.17, 15) is 17.2 Å². The third-order valence-corrected chi connectivity index (χ3v) is 6.53. The second-order valence-electron chi connectivity index (χ2n) is 6.53. The molecule has 1 atom stereocenters. The van der Waals surface area contributed by atoms with E-state index in [-0.39, 0.29) is 37.2 Å². The number of aromatic nitrogens is 2. The maximum Gasteiger partial charge on any atom is 0.322 e. The number of hydrogen-bond donors (Lipinski definition) is 1. The monoisotopic (exact) mass is 442 g/mol. The Morgan fingerprint density at radius 2 is 2.10 bits per heavy atom. The lowest BCUT2D eigenvalue weighted by molar-refractivity contribution is 0.444. The number of allylic oxidation sites excluding steroid dienone is 4. The van der Waals surface area contributed by atoms with E-state index < -0.39 is 22.2 Å². The highest BCUT2D eigenvalue weighted by Crippen LogP contribution is 2.28. The van der Waals surface area contributed by atoms with Crippen molar-refractivity contribution in [2.75, 3.05) is 13.1 Å². The van der Waals surface area contributed by atoms with Crippen LogP contribution in [0.1, 0.15) is 25.8 Å². The summed E-state index contributed by atoms with van der Waals surface area (Å²) in [6.07, 6.45) is 3.45. The molecule has 3 rings (SSSR count). The molecule has 0 saturated carbocycles. The predicted molar refractivity (Wildman–Crippen MR) is 111 cm³/mol. The van der Waals surface area contributed by atoms with Crippen LogP contribution in [0.5, 0.6) is 0 Å². The van der Waals surface area contributed by atoms with E-state index in [1.807, 2.05) is 0 Å². The number of halogens is 3. The van der Waals surface area contributed by atoms with Gasteiger partial charge in [-0.1, -0.05) is 25.4 Å². The van der Waals surface area contributed by atoms with Crippen LogP contribution in [-0.4, -0.2) is 47.7 Å². The summed E-state index contributed by atoms with van der Waals surface area (Å²) in [4.78, 5) is 7.12. The molecular formula is C19H21ClF2N4O2S. The minimum Gasteiger partial charge on any atom is -0.346 e. The zero-order chi connectivity index (χ0) is 21.2. The Hall–Kier alpha value is -2.10. The minimum atomic E-state index is -4.02. The van der Waals surface area contributed by atoms with E-state index in [0.717, 1.165) is 16.5 Å². The number of H-pyrrole nitrogens is 1. The highest BCUT2D eigenvalue weighted by Gasteiger charge is 2.25. The summed E-state index contributed by atoms with van der Waals surface area (Å²) in [5.74, 6) is -0.609. The second kappa shape index (κ2) is 8.73. The van der Waals surface area contributed by atoms with Crippen molar-refractivity contribution in [2.45, 2.75) is 32.9 Å². The number of aromatic amines is 1. The normalized spacial score (nSPS) is 19.5. The van der Waals surface area contributed by atoms with Gasteiger partial charge < -0.3 is 4.98 Å². The molecule has 29 heavy (non-hydrogen) atoms. The minimum absolute atomic E-state index is 0.0981. The maximum atomic E-state index is 14.8. The van der Waals surface area contributed by atoms with Gasteiger partial charge in [-0.2, -0.15) is 17.1 Å². The highest BCUT2D eigenvalue weighted by molar-refractivity contribution is 7.87. The van der Waals surface area contributed by atoms with E-state index in [2.05, 4.69) is 14.4 Å². The molecule has 0 spiro atoms. The van der Waals surface area contributed by atoms with Gasteiger partial charge in [-0.3, -0.25) is 0 Å². The molecular weight excluding hydrogens is 422 g/mol. The average molecular weight is 443 g/mol. The number of fused-ring (bicyclic) bond motifs is 1. The smallest absolute Gasteiger partial charge is 0.322 e. The topological polar surface area (TPSA) is 78.4 Å². The number of rotatable bonds is 6. The van der Waals surface area contributed by atoms with Crippen molar-refractivity contribution in [1.82, 2.24) is 14.3 Å². The van der Waals surface area contributed by atoms with E-state index in [1.54, 1.807) is 26.1 Å². The summed E-state index contributed by atoms with van der Waals surface area (Å²) in [7, 11) is -4.02. The van der Waals surface area contributed by atoms with Gasteiger partial charge in [-0.15, -0.1) is 0 Å². The lowest BCUT2D eigenvalue weighted by atomic mass is 10.0. The Morgan fingerprint density at radius 1 is 1.38 bits per heavy atom. The van der Waals surface area contributed by atoms with Crippen molar-refractivity contribution in [3.63, 3.8) is 0 Å². The number of nitrogens with zero attached hydrogens (tertiary/aromatic N) is 3. The summed E-state index contributed by atoms with van der Waals surface area (Å²) in [5.41, 5.74) is 1.16. The molecule has 1 N–H and O–H groups in total. The fourth-order valence-corrected chi connectivity index (χ4v) is 4.56.